The van der Waals surface area contributed by atoms with Gasteiger partial charge in [0, 0.05) is 17.9 Å². The van der Waals surface area contributed by atoms with Gasteiger partial charge in [0.2, 0.25) is 0 Å². The molecule has 5 heteroatoms. The molecule has 14 heavy (non-hydrogen) atoms. The maximum atomic E-state index is 10.6. The molecular formula is C9H12N2O3. The van der Waals surface area contributed by atoms with Crippen molar-refractivity contribution in [1.82, 2.24) is 4.98 Å². The molecule has 1 aromatic rings. The Morgan fingerprint density at radius 1 is 1.71 bits per heavy atom. The van der Waals surface area contributed by atoms with Gasteiger partial charge < -0.3 is 15.5 Å². The molecular weight excluding hydrogens is 184 g/mol. The van der Waals surface area contributed by atoms with Crippen LogP contribution in [-0.4, -0.2) is 33.8 Å². The molecule has 1 rings (SSSR count). The summed E-state index contributed by atoms with van der Waals surface area (Å²) < 4.78 is 0. The fourth-order valence-electron chi connectivity index (χ4n) is 0.967. The molecule has 0 spiro atoms. The van der Waals surface area contributed by atoms with E-state index >= 15 is 0 Å². The molecule has 1 heterocycles. The minimum absolute atomic E-state index is 0.00920. The molecule has 0 saturated heterocycles. The Bertz CT molecular complexity index is 328. The fraction of sp³-hybridized carbons (Fsp3) is 0.333. The van der Waals surface area contributed by atoms with Gasteiger partial charge >= 0.3 is 5.97 Å². The Hall–Kier alpha value is -1.62. The van der Waals surface area contributed by atoms with Crippen LogP contribution in [0.15, 0.2) is 18.3 Å². The maximum absolute atomic E-state index is 10.6. The van der Waals surface area contributed by atoms with Gasteiger partial charge in [-0.15, -0.1) is 0 Å². The number of carbonyl (C=O) groups is 1. The van der Waals surface area contributed by atoms with E-state index in [1.54, 1.807) is 13.0 Å². The molecule has 0 bridgehead atoms. The first-order valence-corrected chi connectivity index (χ1v) is 4.20. The maximum Gasteiger partial charge on any atom is 0.354 e. The summed E-state index contributed by atoms with van der Waals surface area (Å²) in [7, 11) is 0. The number of nitrogens with one attached hydrogen (secondary N) is 1. The van der Waals surface area contributed by atoms with Crippen LogP contribution in [-0.2, 0) is 0 Å². The number of aliphatic hydroxyl groups excluding tert-OH is 1. The van der Waals surface area contributed by atoms with Gasteiger partial charge in [0.15, 0.2) is 0 Å². The first-order valence-electron chi connectivity index (χ1n) is 4.20. The SMILES string of the molecule is CC(CO)Nc1ccnc(C(=O)O)c1. The van der Waals surface area contributed by atoms with Gasteiger partial charge in [-0.2, -0.15) is 0 Å². The van der Waals surface area contributed by atoms with Crippen molar-refractivity contribution in [1.29, 1.82) is 0 Å². The van der Waals surface area contributed by atoms with E-state index in [1.165, 1.54) is 12.3 Å². The van der Waals surface area contributed by atoms with Gasteiger partial charge in [0.25, 0.3) is 0 Å². The lowest BCUT2D eigenvalue weighted by Crippen LogP contribution is -2.19. The number of rotatable bonds is 4. The van der Waals surface area contributed by atoms with E-state index in [-0.39, 0.29) is 18.3 Å². The van der Waals surface area contributed by atoms with Gasteiger partial charge in [0.05, 0.1) is 6.61 Å². The summed E-state index contributed by atoms with van der Waals surface area (Å²) in [4.78, 5) is 14.2. The summed E-state index contributed by atoms with van der Waals surface area (Å²) in [6.07, 6.45) is 1.41. The van der Waals surface area contributed by atoms with E-state index in [9.17, 15) is 4.79 Å². The van der Waals surface area contributed by atoms with Gasteiger partial charge in [-0.3, -0.25) is 0 Å². The average molecular weight is 196 g/mol. The zero-order valence-electron chi connectivity index (χ0n) is 7.77. The predicted octanol–water partition coefficient (Wildman–Crippen LogP) is 0.573. The van der Waals surface area contributed by atoms with Crippen molar-refractivity contribution < 1.29 is 15.0 Å². The standard InChI is InChI=1S/C9H12N2O3/c1-6(5-12)11-7-2-3-10-8(4-7)9(13)14/h2-4,6,12H,5H2,1H3,(H,10,11)(H,13,14). The summed E-state index contributed by atoms with van der Waals surface area (Å²) in [5.41, 5.74) is 0.624. The molecule has 0 aliphatic rings. The number of hydrogen-bond acceptors (Lipinski definition) is 4. The van der Waals surface area contributed by atoms with Crippen LogP contribution in [0.5, 0.6) is 0 Å². The zero-order valence-corrected chi connectivity index (χ0v) is 7.77. The first kappa shape index (κ1) is 10.5. The summed E-state index contributed by atoms with van der Waals surface area (Å²) in [6.45, 7) is 1.78. The number of hydrogen-bond donors (Lipinski definition) is 3. The number of aliphatic hydroxyl groups is 1. The van der Waals surface area contributed by atoms with Gasteiger partial charge in [-0.25, -0.2) is 9.78 Å². The Kier molecular flexibility index (Phi) is 3.41. The molecule has 1 atom stereocenters. The van der Waals surface area contributed by atoms with Gasteiger partial charge in [0.1, 0.15) is 5.69 Å². The number of aromatic carboxylic acids is 1. The highest BCUT2D eigenvalue weighted by Gasteiger charge is 2.06. The second kappa shape index (κ2) is 4.57. The van der Waals surface area contributed by atoms with Crippen LogP contribution in [0, 0.1) is 0 Å². The van der Waals surface area contributed by atoms with E-state index in [4.69, 9.17) is 10.2 Å². The molecule has 1 unspecified atom stereocenters. The Morgan fingerprint density at radius 2 is 2.43 bits per heavy atom. The zero-order chi connectivity index (χ0) is 10.6. The summed E-state index contributed by atoms with van der Waals surface area (Å²) in [5, 5.41) is 20.4. The van der Waals surface area contributed by atoms with E-state index in [2.05, 4.69) is 10.3 Å². The summed E-state index contributed by atoms with van der Waals surface area (Å²) in [5.74, 6) is -1.06. The van der Waals surface area contributed by atoms with E-state index in [0.29, 0.717) is 5.69 Å². The fourth-order valence-corrected chi connectivity index (χ4v) is 0.967. The van der Waals surface area contributed by atoms with Crippen LogP contribution >= 0.6 is 0 Å². The third kappa shape index (κ3) is 2.70. The van der Waals surface area contributed by atoms with Gasteiger partial charge in [-0.1, -0.05) is 0 Å². The van der Waals surface area contributed by atoms with Crippen molar-refractivity contribution in [3.8, 4) is 0 Å². The van der Waals surface area contributed by atoms with Crippen LogP contribution in [0.3, 0.4) is 0 Å². The molecule has 76 valence electrons. The van der Waals surface area contributed by atoms with Crippen LogP contribution in [0.25, 0.3) is 0 Å². The molecule has 0 radical (unpaired) electrons. The molecule has 3 N–H and O–H groups in total. The predicted molar refractivity (Wildman–Crippen MR) is 51.4 cm³/mol. The van der Waals surface area contributed by atoms with Crippen molar-refractivity contribution in [2.75, 3.05) is 11.9 Å². The number of anilines is 1. The summed E-state index contributed by atoms with van der Waals surface area (Å²) >= 11 is 0. The van der Waals surface area contributed by atoms with Gasteiger partial charge in [-0.05, 0) is 19.1 Å². The quantitative estimate of drug-likeness (QED) is 0.655. The van der Waals surface area contributed by atoms with E-state index < -0.39 is 5.97 Å². The summed E-state index contributed by atoms with van der Waals surface area (Å²) in [6, 6.07) is 2.96. The number of aromatic nitrogens is 1. The normalized spacial score (nSPS) is 12.1. The number of pyridine rings is 1. The van der Waals surface area contributed by atoms with E-state index in [0.717, 1.165) is 0 Å². The minimum Gasteiger partial charge on any atom is -0.477 e. The van der Waals surface area contributed by atoms with Crippen molar-refractivity contribution in [2.45, 2.75) is 13.0 Å². The van der Waals surface area contributed by atoms with Crippen LogP contribution in [0.1, 0.15) is 17.4 Å². The monoisotopic (exact) mass is 196 g/mol. The number of carboxylic acid groups (broad SMARTS) is 1. The number of carboxylic acids is 1. The molecule has 5 nitrogen and oxygen atoms in total. The van der Waals surface area contributed by atoms with E-state index in [1.807, 2.05) is 0 Å². The Morgan fingerprint density at radius 3 is 3.00 bits per heavy atom. The molecule has 0 amide bonds. The highest BCUT2D eigenvalue weighted by Crippen LogP contribution is 2.09. The lowest BCUT2D eigenvalue weighted by Gasteiger charge is -2.11. The molecule has 0 fully saturated rings. The highest BCUT2D eigenvalue weighted by molar-refractivity contribution is 5.86. The number of nitrogens with zero attached hydrogens (tertiary/aromatic N) is 1. The minimum atomic E-state index is -1.06. The second-order valence-electron chi connectivity index (χ2n) is 2.96. The lowest BCUT2D eigenvalue weighted by atomic mass is 10.3. The smallest absolute Gasteiger partial charge is 0.354 e. The largest absolute Gasteiger partial charge is 0.477 e. The third-order valence-corrected chi connectivity index (χ3v) is 1.67. The molecule has 0 aliphatic carbocycles. The molecule has 0 aromatic carbocycles. The Balaban J connectivity index is 2.78. The van der Waals surface area contributed by atoms with Crippen LogP contribution in [0.2, 0.25) is 0 Å². The highest BCUT2D eigenvalue weighted by atomic mass is 16.4. The van der Waals surface area contributed by atoms with Crippen molar-refractivity contribution in [2.24, 2.45) is 0 Å². The Labute approximate surface area is 81.4 Å². The lowest BCUT2D eigenvalue weighted by molar-refractivity contribution is 0.0690. The average Bonchev–Trinajstić information content (AvgIpc) is 2.18. The molecule has 0 aliphatic heterocycles. The van der Waals surface area contributed by atoms with Crippen LogP contribution in [0.4, 0.5) is 5.69 Å². The van der Waals surface area contributed by atoms with Crippen LogP contribution < -0.4 is 5.32 Å². The second-order valence-corrected chi connectivity index (χ2v) is 2.96. The molecule has 1 aromatic heterocycles. The van der Waals surface area contributed by atoms with Crippen molar-refractivity contribution in [3.05, 3.63) is 24.0 Å². The topological polar surface area (TPSA) is 82.5 Å². The van der Waals surface area contributed by atoms with Crippen molar-refractivity contribution in [3.63, 3.8) is 0 Å². The third-order valence-electron chi connectivity index (χ3n) is 1.67. The first-order chi connectivity index (χ1) is 6.63. The van der Waals surface area contributed by atoms with Crippen molar-refractivity contribution >= 4 is 11.7 Å². The molecule has 0 saturated carbocycles.